The Labute approximate surface area is 117 Å². The van der Waals surface area contributed by atoms with E-state index in [0.29, 0.717) is 25.3 Å². The molecule has 0 aliphatic carbocycles. The second-order valence-corrected chi connectivity index (χ2v) is 4.29. The van der Waals surface area contributed by atoms with E-state index in [9.17, 15) is 9.59 Å². The first kappa shape index (κ1) is 16.1. The van der Waals surface area contributed by atoms with E-state index in [2.05, 4.69) is 15.6 Å². The van der Waals surface area contributed by atoms with Crippen molar-refractivity contribution in [3.63, 3.8) is 0 Å². The molecule has 1 heterocycles. The van der Waals surface area contributed by atoms with Crippen molar-refractivity contribution in [1.29, 1.82) is 0 Å². The summed E-state index contributed by atoms with van der Waals surface area (Å²) in [5, 5.41) is 19.1. The van der Waals surface area contributed by atoms with Crippen LogP contribution in [0.1, 0.15) is 35.9 Å². The highest BCUT2D eigenvalue weighted by atomic mass is 16.5. The molecule has 0 aromatic carbocycles. The van der Waals surface area contributed by atoms with E-state index in [1.165, 1.54) is 11.8 Å². The molecule has 0 radical (unpaired) electrons. The maximum atomic E-state index is 11.7. The van der Waals surface area contributed by atoms with Gasteiger partial charge in [-0.25, -0.2) is 9.48 Å². The molecule has 0 bridgehead atoms. The quantitative estimate of drug-likeness (QED) is 0.622. The number of carbonyl (C=O) groups is 2. The highest BCUT2D eigenvalue weighted by molar-refractivity contribution is 5.86. The summed E-state index contributed by atoms with van der Waals surface area (Å²) in [6, 6.07) is 0. The summed E-state index contributed by atoms with van der Waals surface area (Å²) in [7, 11) is 1.52. The van der Waals surface area contributed by atoms with Crippen LogP contribution in [0.3, 0.4) is 0 Å². The molecule has 1 rings (SSSR count). The van der Waals surface area contributed by atoms with Crippen LogP contribution in [-0.4, -0.2) is 52.2 Å². The molecular formula is C12H20N4O4. The van der Waals surface area contributed by atoms with Crippen molar-refractivity contribution in [2.24, 2.45) is 0 Å². The van der Waals surface area contributed by atoms with Crippen molar-refractivity contribution in [3.8, 4) is 0 Å². The SMILES string of the molecule is CCCCNC(=O)Cn1nnc(C(=O)O)c1CCOC. The van der Waals surface area contributed by atoms with Gasteiger partial charge in [0.2, 0.25) is 5.91 Å². The zero-order valence-electron chi connectivity index (χ0n) is 11.8. The van der Waals surface area contributed by atoms with Crippen molar-refractivity contribution in [2.45, 2.75) is 32.7 Å². The van der Waals surface area contributed by atoms with Gasteiger partial charge in [0, 0.05) is 20.1 Å². The van der Waals surface area contributed by atoms with Gasteiger partial charge in [0.05, 0.1) is 12.3 Å². The smallest absolute Gasteiger partial charge is 0.358 e. The van der Waals surface area contributed by atoms with Gasteiger partial charge in [-0.3, -0.25) is 4.79 Å². The lowest BCUT2D eigenvalue weighted by molar-refractivity contribution is -0.121. The molecule has 0 unspecified atom stereocenters. The number of rotatable bonds is 9. The monoisotopic (exact) mass is 284 g/mol. The summed E-state index contributed by atoms with van der Waals surface area (Å²) >= 11 is 0. The molecule has 0 aliphatic heterocycles. The Balaban J connectivity index is 2.73. The maximum Gasteiger partial charge on any atom is 0.358 e. The number of nitrogens with one attached hydrogen (secondary N) is 1. The molecule has 1 aromatic rings. The topological polar surface area (TPSA) is 106 Å². The molecule has 8 heteroatoms. The lowest BCUT2D eigenvalue weighted by atomic mass is 10.2. The number of hydrogen-bond acceptors (Lipinski definition) is 5. The van der Waals surface area contributed by atoms with Crippen LogP contribution in [0, 0.1) is 0 Å². The normalized spacial score (nSPS) is 10.5. The minimum absolute atomic E-state index is 0.0386. The van der Waals surface area contributed by atoms with Crippen molar-refractivity contribution in [1.82, 2.24) is 20.3 Å². The average molecular weight is 284 g/mol. The number of ether oxygens (including phenoxy) is 1. The molecule has 1 amide bonds. The molecular weight excluding hydrogens is 264 g/mol. The third kappa shape index (κ3) is 4.61. The van der Waals surface area contributed by atoms with Crippen molar-refractivity contribution in [2.75, 3.05) is 20.3 Å². The fourth-order valence-electron chi connectivity index (χ4n) is 1.67. The van der Waals surface area contributed by atoms with E-state index in [-0.39, 0.29) is 18.1 Å². The number of nitrogens with zero attached hydrogens (tertiary/aromatic N) is 3. The van der Waals surface area contributed by atoms with E-state index in [4.69, 9.17) is 9.84 Å². The third-order valence-electron chi connectivity index (χ3n) is 2.73. The number of carbonyl (C=O) groups excluding carboxylic acids is 1. The first-order chi connectivity index (χ1) is 9.60. The van der Waals surface area contributed by atoms with E-state index >= 15 is 0 Å². The van der Waals surface area contributed by atoms with E-state index < -0.39 is 5.97 Å². The molecule has 0 saturated carbocycles. The minimum Gasteiger partial charge on any atom is -0.476 e. The number of carboxylic acids is 1. The van der Waals surface area contributed by atoms with E-state index in [1.807, 2.05) is 6.92 Å². The second kappa shape index (κ2) is 8.26. The standard InChI is InChI=1S/C12H20N4O4/c1-3-4-6-13-10(17)8-16-9(5-7-20-2)11(12(18)19)14-15-16/h3-8H2,1-2H3,(H,13,17)(H,18,19). The van der Waals surface area contributed by atoms with E-state index in [0.717, 1.165) is 12.8 Å². The van der Waals surface area contributed by atoms with Gasteiger partial charge in [0.25, 0.3) is 0 Å². The Kier molecular flexibility index (Phi) is 6.65. The number of aromatic nitrogens is 3. The average Bonchev–Trinajstić information content (AvgIpc) is 2.79. The predicted molar refractivity (Wildman–Crippen MR) is 70.5 cm³/mol. The van der Waals surface area contributed by atoms with Crippen LogP contribution < -0.4 is 5.32 Å². The number of hydrogen-bond donors (Lipinski definition) is 2. The van der Waals surface area contributed by atoms with E-state index in [1.54, 1.807) is 0 Å². The predicted octanol–water partition coefficient (Wildman–Crippen LogP) is 0.0815. The van der Waals surface area contributed by atoms with Gasteiger partial charge in [0.15, 0.2) is 5.69 Å². The molecule has 2 N–H and O–H groups in total. The summed E-state index contributed by atoms with van der Waals surface area (Å²) in [5.41, 5.74) is 0.258. The van der Waals surface area contributed by atoms with Crippen LogP contribution in [0.2, 0.25) is 0 Å². The Morgan fingerprint density at radius 2 is 2.20 bits per heavy atom. The summed E-state index contributed by atoms with van der Waals surface area (Å²) in [4.78, 5) is 22.8. The fourth-order valence-corrected chi connectivity index (χ4v) is 1.67. The highest BCUT2D eigenvalue weighted by Crippen LogP contribution is 2.07. The largest absolute Gasteiger partial charge is 0.476 e. The molecule has 0 aliphatic rings. The van der Waals surface area contributed by atoms with Crippen LogP contribution in [0.25, 0.3) is 0 Å². The van der Waals surface area contributed by atoms with Crippen LogP contribution in [0.5, 0.6) is 0 Å². The van der Waals surface area contributed by atoms with Gasteiger partial charge in [-0.2, -0.15) is 0 Å². The molecule has 8 nitrogen and oxygen atoms in total. The molecule has 112 valence electrons. The number of amides is 1. The second-order valence-electron chi connectivity index (χ2n) is 4.29. The highest BCUT2D eigenvalue weighted by Gasteiger charge is 2.19. The fraction of sp³-hybridized carbons (Fsp3) is 0.667. The Bertz CT molecular complexity index is 458. The van der Waals surface area contributed by atoms with Gasteiger partial charge in [-0.05, 0) is 6.42 Å². The third-order valence-corrected chi connectivity index (χ3v) is 2.73. The van der Waals surface area contributed by atoms with Gasteiger partial charge < -0.3 is 15.2 Å². The molecule has 1 aromatic heterocycles. The zero-order valence-corrected chi connectivity index (χ0v) is 11.8. The summed E-state index contributed by atoms with van der Waals surface area (Å²) in [6.07, 6.45) is 2.24. The lowest BCUT2D eigenvalue weighted by Gasteiger charge is -2.07. The van der Waals surface area contributed by atoms with Gasteiger partial charge in [-0.15, -0.1) is 5.10 Å². The number of unbranched alkanes of at least 4 members (excludes halogenated alkanes) is 1. The van der Waals surface area contributed by atoms with Gasteiger partial charge >= 0.3 is 5.97 Å². The summed E-state index contributed by atoms with van der Waals surface area (Å²) in [5.74, 6) is -1.37. The molecule has 0 atom stereocenters. The Morgan fingerprint density at radius 3 is 2.80 bits per heavy atom. The first-order valence-electron chi connectivity index (χ1n) is 6.51. The lowest BCUT2D eigenvalue weighted by Crippen LogP contribution is -2.29. The minimum atomic E-state index is -1.16. The van der Waals surface area contributed by atoms with Gasteiger partial charge in [-0.1, -0.05) is 18.6 Å². The van der Waals surface area contributed by atoms with Gasteiger partial charge in [0.1, 0.15) is 6.54 Å². The van der Waals surface area contributed by atoms with Crippen molar-refractivity contribution in [3.05, 3.63) is 11.4 Å². The molecule has 20 heavy (non-hydrogen) atoms. The van der Waals surface area contributed by atoms with Crippen molar-refractivity contribution >= 4 is 11.9 Å². The van der Waals surface area contributed by atoms with Crippen LogP contribution in [0.4, 0.5) is 0 Å². The Hall–Kier alpha value is -1.96. The van der Waals surface area contributed by atoms with Crippen molar-refractivity contribution < 1.29 is 19.4 Å². The first-order valence-corrected chi connectivity index (χ1v) is 6.51. The number of methoxy groups -OCH3 is 1. The summed E-state index contributed by atoms with van der Waals surface area (Å²) < 4.78 is 6.24. The molecule has 0 fully saturated rings. The summed E-state index contributed by atoms with van der Waals surface area (Å²) in [6.45, 7) is 2.93. The number of aromatic carboxylic acids is 1. The molecule has 0 spiro atoms. The van der Waals surface area contributed by atoms with Crippen LogP contribution >= 0.6 is 0 Å². The van der Waals surface area contributed by atoms with Crippen LogP contribution in [-0.2, 0) is 22.5 Å². The van der Waals surface area contributed by atoms with Crippen LogP contribution in [0.15, 0.2) is 0 Å². The maximum absolute atomic E-state index is 11.7. The zero-order chi connectivity index (χ0) is 15.0. The number of carboxylic acid groups (broad SMARTS) is 1. The molecule has 0 saturated heterocycles. The Morgan fingerprint density at radius 1 is 1.45 bits per heavy atom.